The van der Waals surface area contributed by atoms with E-state index in [1.54, 1.807) is 0 Å². The molecular formula is C26H36N2O4. The Morgan fingerprint density at radius 3 is 1.16 bits per heavy atom. The molecular weight excluding hydrogens is 404 g/mol. The van der Waals surface area contributed by atoms with Crippen molar-refractivity contribution in [1.29, 1.82) is 0 Å². The molecule has 0 saturated heterocycles. The van der Waals surface area contributed by atoms with Gasteiger partial charge in [0.05, 0.1) is 13.2 Å². The fourth-order valence-corrected chi connectivity index (χ4v) is 3.30. The van der Waals surface area contributed by atoms with E-state index in [1.165, 1.54) is 38.5 Å². The predicted molar refractivity (Wildman–Crippen MR) is 129 cm³/mol. The van der Waals surface area contributed by atoms with Crippen LogP contribution in [0.5, 0.6) is 0 Å². The first-order chi connectivity index (χ1) is 15.7. The molecule has 6 nitrogen and oxygen atoms in total. The standard InChI is InChI=1S/C26H36N2O4/c29-25(27-23-17-11-9-12-18-23)31-21-15-7-5-3-1-2-4-6-8-16-22-32-26(30)28-24-19-13-10-14-20-24/h9-14,17-20H,1-8,15-16,21-22H2,(H,27,29)(H,28,30). The van der Waals surface area contributed by atoms with Crippen molar-refractivity contribution in [3.8, 4) is 0 Å². The SMILES string of the molecule is O=C(Nc1ccccc1)OCCCCCCCCCCCCOC(=O)Nc1ccccc1. The average molecular weight is 441 g/mol. The Hall–Kier alpha value is -3.02. The van der Waals surface area contributed by atoms with Gasteiger partial charge in [-0.25, -0.2) is 9.59 Å². The monoisotopic (exact) mass is 440 g/mol. The van der Waals surface area contributed by atoms with Crippen LogP contribution in [-0.4, -0.2) is 25.4 Å². The third-order valence-corrected chi connectivity index (χ3v) is 5.05. The molecule has 0 aliphatic rings. The van der Waals surface area contributed by atoms with Crippen LogP contribution in [0, 0.1) is 0 Å². The first kappa shape index (κ1) is 25.2. The molecule has 0 spiro atoms. The van der Waals surface area contributed by atoms with E-state index in [4.69, 9.17) is 9.47 Å². The summed E-state index contributed by atoms with van der Waals surface area (Å²) in [5, 5.41) is 5.42. The number of hydrogen-bond acceptors (Lipinski definition) is 4. The minimum absolute atomic E-state index is 0.390. The van der Waals surface area contributed by atoms with Gasteiger partial charge < -0.3 is 9.47 Å². The van der Waals surface area contributed by atoms with E-state index in [2.05, 4.69) is 10.6 Å². The second-order valence-corrected chi connectivity index (χ2v) is 7.79. The third kappa shape index (κ3) is 12.6. The van der Waals surface area contributed by atoms with Gasteiger partial charge in [-0.15, -0.1) is 0 Å². The molecule has 0 heterocycles. The Bertz CT molecular complexity index is 687. The van der Waals surface area contributed by atoms with E-state index in [-0.39, 0.29) is 0 Å². The van der Waals surface area contributed by atoms with Crippen molar-refractivity contribution in [3.63, 3.8) is 0 Å². The van der Waals surface area contributed by atoms with Crippen LogP contribution < -0.4 is 10.6 Å². The van der Waals surface area contributed by atoms with Crippen molar-refractivity contribution in [3.05, 3.63) is 60.7 Å². The van der Waals surface area contributed by atoms with Gasteiger partial charge in [-0.05, 0) is 37.1 Å². The summed E-state index contributed by atoms with van der Waals surface area (Å²) in [4.78, 5) is 23.3. The maximum Gasteiger partial charge on any atom is 0.411 e. The predicted octanol–water partition coefficient (Wildman–Crippen LogP) is 7.38. The third-order valence-electron chi connectivity index (χ3n) is 5.05. The van der Waals surface area contributed by atoms with Crippen LogP contribution >= 0.6 is 0 Å². The first-order valence-electron chi connectivity index (χ1n) is 11.7. The Balaban J connectivity index is 1.30. The van der Waals surface area contributed by atoms with Gasteiger partial charge in [-0.3, -0.25) is 10.6 Å². The second-order valence-electron chi connectivity index (χ2n) is 7.79. The number of nitrogens with one attached hydrogen (secondary N) is 2. The van der Waals surface area contributed by atoms with Gasteiger partial charge in [0.15, 0.2) is 0 Å². The maximum atomic E-state index is 11.7. The van der Waals surface area contributed by atoms with Gasteiger partial charge in [-0.1, -0.05) is 87.8 Å². The van der Waals surface area contributed by atoms with Gasteiger partial charge in [0.1, 0.15) is 0 Å². The number of anilines is 2. The molecule has 0 bridgehead atoms. The summed E-state index contributed by atoms with van der Waals surface area (Å²) in [5.74, 6) is 0. The lowest BCUT2D eigenvalue weighted by Gasteiger charge is -2.07. The molecule has 0 aliphatic heterocycles. The summed E-state index contributed by atoms with van der Waals surface area (Å²) < 4.78 is 10.4. The maximum absolute atomic E-state index is 11.7. The van der Waals surface area contributed by atoms with Crippen LogP contribution in [0.15, 0.2) is 60.7 Å². The number of unbranched alkanes of at least 4 members (excludes halogenated alkanes) is 9. The van der Waals surface area contributed by atoms with Gasteiger partial charge in [0.2, 0.25) is 0 Å². The smallest absolute Gasteiger partial charge is 0.411 e. The van der Waals surface area contributed by atoms with Gasteiger partial charge in [0.25, 0.3) is 0 Å². The number of amides is 2. The molecule has 6 heteroatoms. The Kier molecular flexibility index (Phi) is 13.1. The number of hydrogen-bond donors (Lipinski definition) is 2. The molecule has 0 unspecified atom stereocenters. The number of ether oxygens (including phenoxy) is 2. The average Bonchev–Trinajstić information content (AvgIpc) is 2.80. The Morgan fingerprint density at radius 1 is 0.500 bits per heavy atom. The zero-order valence-corrected chi connectivity index (χ0v) is 18.9. The van der Waals surface area contributed by atoms with Crippen molar-refractivity contribution in [2.24, 2.45) is 0 Å². The number of carbonyl (C=O) groups is 2. The van der Waals surface area contributed by atoms with Gasteiger partial charge in [0, 0.05) is 11.4 Å². The van der Waals surface area contributed by atoms with Gasteiger partial charge in [-0.2, -0.15) is 0 Å². The lowest BCUT2D eigenvalue weighted by atomic mass is 10.1. The van der Waals surface area contributed by atoms with Crippen molar-refractivity contribution < 1.29 is 19.1 Å². The summed E-state index contributed by atoms with van der Waals surface area (Å²) in [7, 11) is 0. The number of carbonyl (C=O) groups excluding carboxylic acids is 2. The summed E-state index contributed by atoms with van der Waals surface area (Å²) >= 11 is 0. The molecule has 0 aromatic heterocycles. The van der Waals surface area contributed by atoms with E-state index in [0.717, 1.165) is 37.1 Å². The minimum Gasteiger partial charge on any atom is -0.449 e. The molecule has 0 aliphatic carbocycles. The molecule has 2 rings (SSSR count). The molecule has 2 amide bonds. The highest BCUT2D eigenvalue weighted by Gasteiger charge is 2.03. The van der Waals surface area contributed by atoms with E-state index < -0.39 is 12.2 Å². The van der Waals surface area contributed by atoms with Crippen molar-refractivity contribution in [2.45, 2.75) is 64.2 Å². The lowest BCUT2D eigenvalue weighted by molar-refractivity contribution is 0.158. The molecule has 2 N–H and O–H groups in total. The molecule has 174 valence electrons. The van der Waals surface area contributed by atoms with E-state index >= 15 is 0 Å². The summed E-state index contributed by atoms with van der Waals surface area (Å²) in [6.45, 7) is 0.925. The number of rotatable bonds is 15. The van der Waals surface area contributed by atoms with Crippen LogP contribution in [0.3, 0.4) is 0 Å². The van der Waals surface area contributed by atoms with E-state index in [1.807, 2.05) is 60.7 Å². The molecule has 32 heavy (non-hydrogen) atoms. The molecule has 0 atom stereocenters. The normalized spacial score (nSPS) is 10.4. The highest BCUT2D eigenvalue weighted by atomic mass is 16.6. The largest absolute Gasteiger partial charge is 0.449 e. The highest BCUT2D eigenvalue weighted by Crippen LogP contribution is 2.11. The van der Waals surface area contributed by atoms with Crippen LogP contribution in [0.1, 0.15) is 64.2 Å². The fraction of sp³-hybridized carbons (Fsp3) is 0.462. The Morgan fingerprint density at radius 2 is 0.812 bits per heavy atom. The first-order valence-corrected chi connectivity index (χ1v) is 11.7. The molecule has 0 saturated carbocycles. The quantitative estimate of drug-likeness (QED) is 0.283. The minimum atomic E-state index is -0.390. The zero-order valence-electron chi connectivity index (χ0n) is 18.9. The summed E-state index contributed by atoms with van der Waals surface area (Å²) in [5.41, 5.74) is 1.50. The van der Waals surface area contributed by atoms with E-state index in [9.17, 15) is 9.59 Å². The second kappa shape index (κ2) is 16.6. The molecule has 2 aromatic carbocycles. The van der Waals surface area contributed by atoms with Crippen molar-refractivity contribution >= 4 is 23.6 Å². The molecule has 0 radical (unpaired) electrons. The summed E-state index contributed by atoms with van der Waals surface area (Å²) in [6.07, 6.45) is 10.5. The van der Waals surface area contributed by atoms with Crippen molar-refractivity contribution in [1.82, 2.24) is 0 Å². The van der Waals surface area contributed by atoms with Gasteiger partial charge >= 0.3 is 12.2 Å². The van der Waals surface area contributed by atoms with Crippen LogP contribution in [0.2, 0.25) is 0 Å². The Labute approximate surface area is 191 Å². The highest BCUT2D eigenvalue weighted by molar-refractivity contribution is 5.84. The topological polar surface area (TPSA) is 76.7 Å². The van der Waals surface area contributed by atoms with Crippen LogP contribution in [0.25, 0.3) is 0 Å². The molecule has 2 aromatic rings. The number of para-hydroxylation sites is 2. The zero-order chi connectivity index (χ0) is 22.7. The lowest BCUT2D eigenvalue weighted by Crippen LogP contribution is -2.14. The number of benzene rings is 2. The fourth-order valence-electron chi connectivity index (χ4n) is 3.30. The summed E-state index contributed by atoms with van der Waals surface area (Å²) in [6, 6.07) is 18.6. The molecule has 0 fully saturated rings. The van der Waals surface area contributed by atoms with Crippen molar-refractivity contribution in [2.75, 3.05) is 23.8 Å². The van der Waals surface area contributed by atoms with Crippen LogP contribution in [0.4, 0.5) is 21.0 Å². The van der Waals surface area contributed by atoms with E-state index in [0.29, 0.717) is 13.2 Å². The van der Waals surface area contributed by atoms with Crippen LogP contribution in [-0.2, 0) is 9.47 Å².